The van der Waals surface area contributed by atoms with Crippen molar-refractivity contribution in [1.29, 1.82) is 0 Å². The maximum Gasteiger partial charge on any atom is 0.322 e. The minimum atomic E-state index is -0.0772. The lowest BCUT2D eigenvalue weighted by atomic mass is 10.2. The van der Waals surface area contributed by atoms with Gasteiger partial charge in [-0.15, -0.1) is 0 Å². The summed E-state index contributed by atoms with van der Waals surface area (Å²) in [4.78, 5) is 16.8. The van der Waals surface area contributed by atoms with Crippen LogP contribution in [0, 0.1) is 0 Å². The maximum absolute atomic E-state index is 12.5. The summed E-state index contributed by atoms with van der Waals surface area (Å²) in [6.45, 7) is 6.76. The summed E-state index contributed by atoms with van der Waals surface area (Å²) in [5.74, 6) is 1.30. The fourth-order valence-electron chi connectivity index (χ4n) is 2.86. The lowest BCUT2D eigenvalue weighted by molar-refractivity contribution is 0.146. The van der Waals surface area contributed by atoms with E-state index in [9.17, 15) is 4.79 Å². The molecule has 2 rings (SSSR count). The number of nitrogens with one attached hydrogen (secondary N) is 1. The molecule has 1 aromatic rings. The van der Waals surface area contributed by atoms with E-state index in [0.29, 0.717) is 17.2 Å². The van der Waals surface area contributed by atoms with Gasteiger partial charge in [0, 0.05) is 32.2 Å². The van der Waals surface area contributed by atoms with Crippen molar-refractivity contribution >= 4 is 11.7 Å². The van der Waals surface area contributed by atoms with Crippen molar-refractivity contribution in [3.63, 3.8) is 0 Å². The van der Waals surface area contributed by atoms with E-state index in [2.05, 4.69) is 17.1 Å². The lowest BCUT2D eigenvalue weighted by Gasteiger charge is -2.34. The van der Waals surface area contributed by atoms with Crippen LogP contribution < -0.4 is 14.8 Å². The number of hydrogen-bond acceptors (Lipinski definition) is 4. The Balaban J connectivity index is 1.85. The molecule has 2 amide bonds. The van der Waals surface area contributed by atoms with Gasteiger partial charge in [0.05, 0.1) is 19.9 Å². The third-order valence-corrected chi connectivity index (χ3v) is 4.39. The van der Waals surface area contributed by atoms with Gasteiger partial charge in [0.15, 0.2) is 0 Å². The van der Waals surface area contributed by atoms with Crippen molar-refractivity contribution < 1.29 is 14.3 Å². The maximum atomic E-state index is 12.5. The molecule has 0 unspecified atom stereocenters. The highest BCUT2D eigenvalue weighted by molar-refractivity contribution is 5.91. The molecule has 1 fully saturated rings. The number of urea groups is 1. The normalized spacial score (nSPS) is 15.2. The number of carbonyl (C=O) groups excluding carboxylic acids is 1. The number of rotatable bonds is 7. The van der Waals surface area contributed by atoms with Crippen LogP contribution in [0.5, 0.6) is 11.5 Å². The first-order valence-electron chi connectivity index (χ1n) is 8.68. The molecule has 1 aromatic carbocycles. The highest BCUT2D eigenvalue weighted by atomic mass is 16.5. The molecule has 0 aliphatic carbocycles. The summed E-state index contributed by atoms with van der Waals surface area (Å²) in [5, 5.41) is 2.94. The van der Waals surface area contributed by atoms with Crippen LogP contribution >= 0.6 is 0 Å². The number of unbranched alkanes of at least 4 members (excludes halogenated alkanes) is 2. The third kappa shape index (κ3) is 5.03. The van der Waals surface area contributed by atoms with Crippen molar-refractivity contribution in [2.45, 2.75) is 26.2 Å². The minimum Gasteiger partial charge on any atom is -0.497 e. The zero-order valence-corrected chi connectivity index (χ0v) is 15.0. The Morgan fingerprint density at radius 3 is 2.50 bits per heavy atom. The molecule has 1 heterocycles. The Hall–Kier alpha value is -1.95. The Morgan fingerprint density at radius 1 is 1.12 bits per heavy atom. The summed E-state index contributed by atoms with van der Waals surface area (Å²) in [7, 11) is 3.19. The van der Waals surface area contributed by atoms with Gasteiger partial charge < -0.3 is 19.7 Å². The smallest absolute Gasteiger partial charge is 0.322 e. The molecule has 134 valence electrons. The van der Waals surface area contributed by atoms with Crippen molar-refractivity contribution in [3.8, 4) is 11.5 Å². The van der Waals surface area contributed by atoms with E-state index in [1.165, 1.54) is 19.3 Å². The second kappa shape index (κ2) is 9.37. The molecule has 0 spiro atoms. The monoisotopic (exact) mass is 335 g/mol. The van der Waals surface area contributed by atoms with Gasteiger partial charge in [-0.05, 0) is 25.1 Å². The second-order valence-electron chi connectivity index (χ2n) is 6.03. The Bertz CT molecular complexity index is 528. The first kappa shape index (κ1) is 18.4. The summed E-state index contributed by atoms with van der Waals surface area (Å²) >= 11 is 0. The van der Waals surface area contributed by atoms with E-state index in [-0.39, 0.29) is 6.03 Å². The predicted molar refractivity (Wildman–Crippen MR) is 96.1 cm³/mol. The molecule has 1 saturated heterocycles. The molecule has 24 heavy (non-hydrogen) atoms. The first-order valence-corrected chi connectivity index (χ1v) is 8.68. The standard InChI is InChI=1S/C18H29N3O3/c1-4-5-6-9-20-10-12-21(13-11-20)18(22)19-16-8-7-15(23-2)14-17(16)24-3/h7-8,14H,4-6,9-13H2,1-3H3,(H,19,22). The molecule has 1 aliphatic heterocycles. The van der Waals surface area contributed by atoms with Gasteiger partial charge in [0.25, 0.3) is 0 Å². The zero-order valence-electron chi connectivity index (χ0n) is 15.0. The van der Waals surface area contributed by atoms with Crippen LogP contribution in [0.4, 0.5) is 10.5 Å². The quantitative estimate of drug-likeness (QED) is 0.778. The molecule has 0 atom stereocenters. The van der Waals surface area contributed by atoms with E-state index >= 15 is 0 Å². The molecular formula is C18H29N3O3. The van der Waals surface area contributed by atoms with Gasteiger partial charge in [-0.2, -0.15) is 0 Å². The number of anilines is 1. The van der Waals surface area contributed by atoms with Crippen LogP contribution in [0.3, 0.4) is 0 Å². The Morgan fingerprint density at radius 2 is 1.88 bits per heavy atom. The van der Waals surface area contributed by atoms with Crippen LogP contribution in [-0.2, 0) is 0 Å². The second-order valence-corrected chi connectivity index (χ2v) is 6.03. The number of amides is 2. The molecular weight excluding hydrogens is 306 g/mol. The number of carbonyl (C=O) groups is 1. The van der Waals surface area contributed by atoms with Crippen LogP contribution in [0.25, 0.3) is 0 Å². The number of piperazine rings is 1. The fourth-order valence-corrected chi connectivity index (χ4v) is 2.86. The third-order valence-electron chi connectivity index (χ3n) is 4.39. The van der Waals surface area contributed by atoms with E-state index in [0.717, 1.165) is 32.7 Å². The molecule has 0 aromatic heterocycles. The van der Waals surface area contributed by atoms with E-state index < -0.39 is 0 Å². The van der Waals surface area contributed by atoms with Crippen LogP contribution in [-0.4, -0.2) is 62.8 Å². The number of nitrogens with zero attached hydrogens (tertiary/aromatic N) is 2. The zero-order chi connectivity index (χ0) is 17.4. The van der Waals surface area contributed by atoms with Crippen LogP contribution in [0.15, 0.2) is 18.2 Å². The fraction of sp³-hybridized carbons (Fsp3) is 0.611. The van der Waals surface area contributed by atoms with Gasteiger partial charge in [0.1, 0.15) is 11.5 Å². The van der Waals surface area contributed by atoms with Crippen molar-refractivity contribution in [2.75, 3.05) is 52.3 Å². The van der Waals surface area contributed by atoms with E-state index in [1.807, 2.05) is 11.0 Å². The first-order chi connectivity index (χ1) is 11.7. The van der Waals surface area contributed by atoms with Gasteiger partial charge in [0.2, 0.25) is 0 Å². The average molecular weight is 335 g/mol. The topological polar surface area (TPSA) is 54.0 Å². The van der Waals surface area contributed by atoms with Gasteiger partial charge in [-0.3, -0.25) is 4.90 Å². The Labute approximate surface area is 144 Å². The molecule has 6 nitrogen and oxygen atoms in total. The summed E-state index contributed by atoms with van der Waals surface area (Å²) in [6.07, 6.45) is 3.76. The van der Waals surface area contributed by atoms with Gasteiger partial charge >= 0.3 is 6.03 Å². The van der Waals surface area contributed by atoms with Gasteiger partial charge in [-0.25, -0.2) is 4.79 Å². The van der Waals surface area contributed by atoms with E-state index in [4.69, 9.17) is 9.47 Å². The molecule has 0 radical (unpaired) electrons. The number of methoxy groups -OCH3 is 2. The summed E-state index contributed by atoms with van der Waals surface area (Å²) in [5.41, 5.74) is 0.661. The molecule has 6 heteroatoms. The molecule has 1 aliphatic rings. The molecule has 0 saturated carbocycles. The number of ether oxygens (including phenoxy) is 2. The van der Waals surface area contributed by atoms with Gasteiger partial charge in [-0.1, -0.05) is 19.8 Å². The summed E-state index contributed by atoms with van der Waals surface area (Å²) < 4.78 is 10.5. The lowest BCUT2D eigenvalue weighted by Crippen LogP contribution is -2.50. The van der Waals surface area contributed by atoms with E-state index in [1.54, 1.807) is 26.4 Å². The number of benzene rings is 1. The van der Waals surface area contributed by atoms with Crippen molar-refractivity contribution in [3.05, 3.63) is 18.2 Å². The SMILES string of the molecule is CCCCCN1CCN(C(=O)Nc2ccc(OC)cc2OC)CC1. The minimum absolute atomic E-state index is 0.0772. The number of hydrogen-bond donors (Lipinski definition) is 1. The van der Waals surface area contributed by atoms with Crippen molar-refractivity contribution in [2.24, 2.45) is 0 Å². The summed E-state index contributed by atoms with van der Waals surface area (Å²) in [6, 6.07) is 5.30. The highest BCUT2D eigenvalue weighted by Gasteiger charge is 2.21. The van der Waals surface area contributed by atoms with Crippen LogP contribution in [0.1, 0.15) is 26.2 Å². The largest absolute Gasteiger partial charge is 0.497 e. The predicted octanol–water partition coefficient (Wildman–Crippen LogP) is 3.04. The average Bonchev–Trinajstić information content (AvgIpc) is 2.62. The Kier molecular flexibility index (Phi) is 7.18. The molecule has 0 bridgehead atoms. The van der Waals surface area contributed by atoms with Crippen LogP contribution in [0.2, 0.25) is 0 Å². The highest BCUT2D eigenvalue weighted by Crippen LogP contribution is 2.29. The molecule has 1 N–H and O–H groups in total. The van der Waals surface area contributed by atoms with Crippen molar-refractivity contribution in [1.82, 2.24) is 9.80 Å².